The maximum Gasteiger partial charge on any atom is 0.00714 e. The van der Waals surface area contributed by atoms with Gasteiger partial charge < -0.3 is 5.41 Å². The monoisotopic (exact) mass is 209 g/mol. The molecule has 0 aliphatic carbocycles. The SMILES string of the molecule is CC.CC.CC.N=CCc1ccccc1. The second-order valence-corrected chi connectivity index (χ2v) is 1.89. The summed E-state index contributed by atoms with van der Waals surface area (Å²) in [6.45, 7) is 12.0. The number of nitrogens with one attached hydrogen (secondary N) is 1. The summed E-state index contributed by atoms with van der Waals surface area (Å²) < 4.78 is 0. The van der Waals surface area contributed by atoms with Crippen LogP contribution in [0, 0.1) is 5.41 Å². The fourth-order valence-electron chi connectivity index (χ4n) is 0.732. The molecule has 0 amide bonds. The Morgan fingerprint density at radius 3 is 1.60 bits per heavy atom. The van der Waals surface area contributed by atoms with Gasteiger partial charge >= 0.3 is 0 Å². The minimum Gasteiger partial charge on any atom is -0.313 e. The molecule has 15 heavy (non-hydrogen) atoms. The van der Waals surface area contributed by atoms with E-state index in [0.29, 0.717) is 0 Å². The molecule has 1 heteroatoms. The second kappa shape index (κ2) is 23.1. The molecule has 1 aromatic carbocycles. The molecular formula is C14H27N. The summed E-state index contributed by atoms with van der Waals surface area (Å²) in [5.41, 5.74) is 1.20. The highest BCUT2D eigenvalue weighted by Crippen LogP contribution is 1.96. The van der Waals surface area contributed by atoms with Crippen molar-refractivity contribution < 1.29 is 0 Å². The van der Waals surface area contributed by atoms with E-state index in [1.165, 1.54) is 11.8 Å². The summed E-state index contributed by atoms with van der Waals surface area (Å²) in [5.74, 6) is 0. The van der Waals surface area contributed by atoms with Crippen LogP contribution in [0.25, 0.3) is 0 Å². The van der Waals surface area contributed by atoms with Crippen molar-refractivity contribution in [2.24, 2.45) is 0 Å². The van der Waals surface area contributed by atoms with Crippen LogP contribution in [0.5, 0.6) is 0 Å². The second-order valence-electron chi connectivity index (χ2n) is 1.89. The lowest BCUT2D eigenvalue weighted by molar-refractivity contribution is 1.33. The van der Waals surface area contributed by atoms with Crippen LogP contribution in [0.4, 0.5) is 0 Å². The van der Waals surface area contributed by atoms with E-state index in [2.05, 4.69) is 0 Å². The third-order valence-corrected chi connectivity index (χ3v) is 1.18. The molecule has 0 bridgehead atoms. The predicted octanol–water partition coefficient (Wildman–Crippen LogP) is 4.96. The van der Waals surface area contributed by atoms with Gasteiger partial charge in [-0.05, 0) is 11.8 Å². The Morgan fingerprint density at radius 2 is 1.27 bits per heavy atom. The topological polar surface area (TPSA) is 23.9 Å². The van der Waals surface area contributed by atoms with Crippen molar-refractivity contribution in [3.05, 3.63) is 35.9 Å². The zero-order valence-corrected chi connectivity index (χ0v) is 11.2. The molecule has 0 saturated heterocycles. The van der Waals surface area contributed by atoms with E-state index in [-0.39, 0.29) is 0 Å². The van der Waals surface area contributed by atoms with Crippen LogP contribution in [0.15, 0.2) is 30.3 Å². The van der Waals surface area contributed by atoms with Gasteiger partial charge in [-0.3, -0.25) is 0 Å². The van der Waals surface area contributed by atoms with Gasteiger partial charge in [-0.15, -0.1) is 0 Å². The van der Waals surface area contributed by atoms with Crippen LogP contribution in [0.3, 0.4) is 0 Å². The minimum absolute atomic E-state index is 0.751. The Morgan fingerprint density at radius 1 is 0.867 bits per heavy atom. The highest BCUT2D eigenvalue weighted by atomic mass is 14.3. The number of benzene rings is 1. The lowest BCUT2D eigenvalue weighted by Gasteiger charge is -1.90. The molecule has 1 aromatic rings. The van der Waals surface area contributed by atoms with Gasteiger partial charge in [0, 0.05) is 6.42 Å². The van der Waals surface area contributed by atoms with Gasteiger partial charge in [0.15, 0.2) is 0 Å². The van der Waals surface area contributed by atoms with Gasteiger partial charge in [-0.25, -0.2) is 0 Å². The summed E-state index contributed by atoms with van der Waals surface area (Å²) in [6, 6.07) is 9.99. The van der Waals surface area contributed by atoms with Gasteiger partial charge in [0.2, 0.25) is 0 Å². The Labute approximate surface area is 96.1 Å². The molecule has 1 N–H and O–H groups in total. The van der Waals surface area contributed by atoms with Crippen LogP contribution in [0.1, 0.15) is 47.1 Å². The molecule has 0 heterocycles. The lowest BCUT2D eigenvalue weighted by atomic mass is 10.2. The van der Waals surface area contributed by atoms with E-state index in [1.807, 2.05) is 71.9 Å². The maximum atomic E-state index is 6.82. The number of hydrogen-bond acceptors (Lipinski definition) is 1. The van der Waals surface area contributed by atoms with E-state index in [9.17, 15) is 0 Å². The zero-order valence-electron chi connectivity index (χ0n) is 11.2. The van der Waals surface area contributed by atoms with Crippen LogP contribution >= 0.6 is 0 Å². The predicted molar refractivity (Wildman–Crippen MR) is 73.0 cm³/mol. The first-order valence-corrected chi connectivity index (χ1v) is 5.96. The van der Waals surface area contributed by atoms with Crippen molar-refractivity contribution >= 4 is 6.21 Å². The normalized spacial score (nSPS) is 6.53. The third kappa shape index (κ3) is 15.6. The van der Waals surface area contributed by atoms with Crippen molar-refractivity contribution in [3.8, 4) is 0 Å². The van der Waals surface area contributed by atoms with Crippen molar-refractivity contribution in [2.45, 2.75) is 48.0 Å². The summed E-state index contributed by atoms with van der Waals surface area (Å²) in [6.07, 6.45) is 2.16. The number of hydrogen-bond donors (Lipinski definition) is 1. The Hall–Kier alpha value is -1.11. The van der Waals surface area contributed by atoms with Crippen LogP contribution in [-0.4, -0.2) is 6.21 Å². The van der Waals surface area contributed by atoms with Gasteiger partial charge in [0.25, 0.3) is 0 Å². The lowest BCUT2D eigenvalue weighted by Crippen LogP contribution is -1.81. The van der Waals surface area contributed by atoms with Gasteiger partial charge in [0.05, 0.1) is 0 Å². The van der Waals surface area contributed by atoms with Crippen LogP contribution < -0.4 is 0 Å². The Balaban J connectivity index is -0.000000208. The van der Waals surface area contributed by atoms with E-state index in [1.54, 1.807) is 0 Å². The van der Waals surface area contributed by atoms with Crippen molar-refractivity contribution in [3.63, 3.8) is 0 Å². The largest absolute Gasteiger partial charge is 0.313 e. The minimum atomic E-state index is 0.751. The van der Waals surface area contributed by atoms with Gasteiger partial charge in [-0.1, -0.05) is 71.9 Å². The molecule has 0 saturated carbocycles. The van der Waals surface area contributed by atoms with Crippen molar-refractivity contribution in [1.82, 2.24) is 0 Å². The van der Waals surface area contributed by atoms with Crippen LogP contribution in [0.2, 0.25) is 0 Å². The average molecular weight is 209 g/mol. The zero-order chi connectivity index (χ0) is 12.5. The number of rotatable bonds is 2. The first-order valence-electron chi connectivity index (χ1n) is 5.96. The summed E-state index contributed by atoms with van der Waals surface area (Å²) in [7, 11) is 0. The van der Waals surface area contributed by atoms with E-state index < -0.39 is 0 Å². The van der Waals surface area contributed by atoms with Gasteiger partial charge in [0.1, 0.15) is 0 Å². The van der Waals surface area contributed by atoms with E-state index in [0.717, 1.165) is 6.42 Å². The standard InChI is InChI=1S/C8H9N.3C2H6/c9-7-6-8-4-2-1-3-5-8;3*1-2/h1-5,7,9H,6H2;3*1-2H3. The summed E-state index contributed by atoms with van der Waals surface area (Å²) in [4.78, 5) is 0. The maximum absolute atomic E-state index is 6.82. The molecule has 0 unspecified atom stereocenters. The van der Waals surface area contributed by atoms with Crippen LogP contribution in [-0.2, 0) is 6.42 Å². The Kier molecular flexibility index (Phi) is 29.9. The highest BCUT2D eigenvalue weighted by molar-refractivity contribution is 5.57. The molecule has 0 atom stereocenters. The van der Waals surface area contributed by atoms with E-state index >= 15 is 0 Å². The van der Waals surface area contributed by atoms with E-state index in [4.69, 9.17) is 5.41 Å². The molecule has 88 valence electrons. The quantitative estimate of drug-likeness (QED) is 0.666. The molecule has 0 radical (unpaired) electrons. The highest BCUT2D eigenvalue weighted by Gasteiger charge is 1.82. The summed E-state index contributed by atoms with van der Waals surface area (Å²) in [5, 5.41) is 6.82. The molecule has 0 aliphatic heterocycles. The van der Waals surface area contributed by atoms with Crippen molar-refractivity contribution in [1.29, 1.82) is 5.41 Å². The smallest absolute Gasteiger partial charge is 0.00714 e. The average Bonchev–Trinajstić information content (AvgIpc) is 2.38. The fourth-order valence-corrected chi connectivity index (χ4v) is 0.732. The molecule has 0 spiro atoms. The fraction of sp³-hybridized carbons (Fsp3) is 0.500. The molecule has 1 nitrogen and oxygen atoms in total. The van der Waals surface area contributed by atoms with Gasteiger partial charge in [-0.2, -0.15) is 0 Å². The first kappa shape index (κ1) is 19.5. The molecular weight excluding hydrogens is 182 g/mol. The summed E-state index contributed by atoms with van der Waals surface area (Å²) >= 11 is 0. The first-order chi connectivity index (χ1) is 7.43. The third-order valence-electron chi connectivity index (χ3n) is 1.18. The molecule has 1 rings (SSSR count). The Bertz CT molecular complexity index is 180. The molecule has 0 fully saturated rings. The molecule has 0 aromatic heterocycles. The molecule has 0 aliphatic rings. The van der Waals surface area contributed by atoms with Crippen molar-refractivity contribution in [2.75, 3.05) is 0 Å².